The highest BCUT2D eigenvalue weighted by molar-refractivity contribution is 5.77. The predicted octanol–water partition coefficient (Wildman–Crippen LogP) is 2.77. The van der Waals surface area contributed by atoms with Gasteiger partial charge in [0.15, 0.2) is 0 Å². The van der Waals surface area contributed by atoms with E-state index in [1.807, 2.05) is 0 Å². The molecule has 0 aromatic rings. The maximum Gasteiger partial charge on any atom is 0.223 e. The van der Waals surface area contributed by atoms with E-state index in [-0.39, 0.29) is 17.9 Å². The smallest absolute Gasteiger partial charge is 0.223 e. The van der Waals surface area contributed by atoms with E-state index >= 15 is 0 Å². The van der Waals surface area contributed by atoms with Gasteiger partial charge in [-0.25, -0.2) is 0 Å². The SMILES string of the molecule is CC1CCC(C)(NC(=O)CC2(O)CCCC2)CC1. The van der Waals surface area contributed by atoms with Gasteiger partial charge in [-0.2, -0.15) is 0 Å². The summed E-state index contributed by atoms with van der Waals surface area (Å²) in [6.07, 6.45) is 8.50. The Hall–Kier alpha value is -0.570. The molecule has 0 atom stereocenters. The van der Waals surface area contributed by atoms with E-state index in [2.05, 4.69) is 19.2 Å². The lowest BCUT2D eigenvalue weighted by molar-refractivity contribution is -0.128. The Balaban J connectivity index is 1.83. The summed E-state index contributed by atoms with van der Waals surface area (Å²) in [5.74, 6) is 0.824. The van der Waals surface area contributed by atoms with Crippen molar-refractivity contribution in [3.63, 3.8) is 0 Å². The summed E-state index contributed by atoms with van der Waals surface area (Å²) in [5.41, 5.74) is -0.763. The van der Waals surface area contributed by atoms with Crippen molar-refractivity contribution in [2.45, 2.75) is 82.8 Å². The van der Waals surface area contributed by atoms with Crippen LogP contribution < -0.4 is 5.32 Å². The third-order valence-corrected chi connectivity index (χ3v) is 4.84. The van der Waals surface area contributed by atoms with E-state index in [1.54, 1.807) is 0 Å². The predicted molar refractivity (Wildman–Crippen MR) is 72.2 cm³/mol. The lowest BCUT2D eigenvalue weighted by Crippen LogP contribution is -2.49. The van der Waals surface area contributed by atoms with E-state index in [9.17, 15) is 9.90 Å². The Morgan fingerprint density at radius 1 is 1.22 bits per heavy atom. The normalized spacial score (nSPS) is 35.4. The molecule has 0 heterocycles. The molecule has 0 saturated heterocycles. The Labute approximate surface area is 110 Å². The molecule has 0 aromatic heterocycles. The van der Waals surface area contributed by atoms with Gasteiger partial charge in [0.05, 0.1) is 12.0 Å². The second kappa shape index (κ2) is 5.20. The number of carbonyl (C=O) groups excluding carboxylic acids is 1. The fourth-order valence-corrected chi connectivity index (χ4v) is 3.41. The van der Waals surface area contributed by atoms with Crippen molar-refractivity contribution in [2.75, 3.05) is 0 Å². The minimum Gasteiger partial charge on any atom is -0.389 e. The second-order valence-corrected chi connectivity index (χ2v) is 6.90. The summed E-state index contributed by atoms with van der Waals surface area (Å²) in [6, 6.07) is 0. The highest BCUT2D eigenvalue weighted by Gasteiger charge is 2.36. The standard InChI is InChI=1S/C15H27NO2/c1-12-5-9-14(2,10-6-12)16-13(17)11-15(18)7-3-4-8-15/h12,18H,3-11H2,1-2H3,(H,16,17). The van der Waals surface area contributed by atoms with Crippen molar-refractivity contribution in [1.82, 2.24) is 5.32 Å². The number of rotatable bonds is 3. The fraction of sp³-hybridized carbons (Fsp3) is 0.933. The van der Waals surface area contributed by atoms with Crippen molar-refractivity contribution in [3.05, 3.63) is 0 Å². The lowest BCUT2D eigenvalue weighted by atomic mass is 9.78. The monoisotopic (exact) mass is 253 g/mol. The van der Waals surface area contributed by atoms with Crippen LogP contribution in [0.4, 0.5) is 0 Å². The minimum atomic E-state index is -0.720. The Bertz CT molecular complexity index is 300. The molecule has 3 heteroatoms. The largest absolute Gasteiger partial charge is 0.389 e. The number of hydrogen-bond donors (Lipinski definition) is 2. The molecule has 2 fully saturated rings. The second-order valence-electron chi connectivity index (χ2n) is 6.90. The number of nitrogens with one attached hydrogen (secondary N) is 1. The summed E-state index contributed by atoms with van der Waals surface area (Å²) in [7, 11) is 0. The van der Waals surface area contributed by atoms with Gasteiger partial charge in [0.25, 0.3) is 0 Å². The van der Waals surface area contributed by atoms with Crippen LogP contribution >= 0.6 is 0 Å². The topological polar surface area (TPSA) is 49.3 Å². The first-order valence-electron chi connectivity index (χ1n) is 7.44. The molecule has 2 rings (SSSR count). The number of hydrogen-bond acceptors (Lipinski definition) is 2. The van der Waals surface area contributed by atoms with Crippen LogP contribution in [0.1, 0.15) is 71.6 Å². The molecule has 0 bridgehead atoms. The zero-order valence-electron chi connectivity index (χ0n) is 11.8. The van der Waals surface area contributed by atoms with Gasteiger partial charge in [-0.05, 0) is 51.4 Å². The summed E-state index contributed by atoms with van der Waals surface area (Å²) in [5, 5.41) is 13.4. The Morgan fingerprint density at radius 3 is 2.33 bits per heavy atom. The van der Waals surface area contributed by atoms with Gasteiger partial charge in [0.2, 0.25) is 5.91 Å². The van der Waals surface area contributed by atoms with Crippen molar-refractivity contribution in [2.24, 2.45) is 5.92 Å². The fourth-order valence-electron chi connectivity index (χ4n) is 3.41. The molecule has 1 amide bonds. The molecule has 0 spiro atoms. The molecular weight excluding hydrogens is 226 g/mol. The molecule has 0 aliphatic heterocycles. The molecule has 3 nitrogen and oxygen atoms in total. The highest BCUT2D eigenvalue weighted by atomic mass is 16.3. The van der Waals surface area contributed by atoms with Crippen LogP contribution in [0.25, 0.3) is 0 Å². The summed E-state index contributed by atoms with van der Waals surface area (Å²) in [4.78, 5) is 12.1. The van der Waals surface area contributed by atoms with Crippen molar-refractivity contribution < 1.29 is 9.90 Å². The molecule has 104 valence electrons. The van der Waals surface area contributed by atoms with Crippen LogP contribution in [0.2, 0.25) is 0 Å². The lowest BCUT2D eigenvalue weighted by Gasteiger charge is -2.37. The third kappa shape index (κ3) is 3.47. The van der Waals surface area contributed by atoms with Gasteiger partial charge < -0.3 is 10.4 Å². The first kappa shape index (κ1) is 13.9. The molecule has 18 heavy (non-hydrogen) atoms. The number of aliphatic hydroxyl groups is 1. The number of carbonyl (C=O) groups is 1. The van der Waals surface area contributed by atoms with Gasteiger partial charge in [0, 0.05) is 5.54 Å². The molecule has 0 aromatic carbocycles. The van der Waals surface area contributed by atoms with Crippen LogP contribution in [-0.4, -0.2) is 22.2 Å². The third-order valence-electron chi connectivity index (χ3n) is 4.84. The maximum atomic E-state index is 12.1. The van der Waals surface area contributed by atoms with Crippen LogP contribution in [0.3, 0.4) is 0 Å². The molecule has 0 unspecified atom stereocenters. The molecule has 0 radical (unpaired) electrons. The van der Waals surface area contributed by atoms with Gasteiger partial charge in [-0.3, -0.25) is 4.79 Å². The molecule has 2 saturated carbocycles. The van der Waals surface area contributed by atoms with E-state index in [4.69, 9.17) is 0 Å². The van der Waals surface area contributed by atoms with Crippen molar-refractivity contribution in [3.8, 4) is 0 Å². The zero-order chi connectivity index (χ0) is 13.2. The average molecular weight is 253 g/mol. The Morgan fingerprint density at radius 2 is 1.78 bits per heavy atom. The van der Waals surface area contributed by atoms with Gasteiger partial charge in [-0.1, -0.05) is 19.8 Å². The highest BCUT2D eigenvalue weighted by Crippen LogP contribution is 2.34. The average Bonchev–Trinajstić information content (AvgIpc) is 2.69. The van der Waals surface area contributed by atoms with Crippen molar-refractivity contribution in [1.29, 1.82) is 0 Å². The first-order valence-corrected chi connectivity index (χ1v) is 7.44. The Kier molecular flexibility index (Phi) is 4.00. The summed E-state index contributed by atoms with van der Waals surface area (Å²) >= 11 is 0. The minimum absolute atomic E-state index is 0.0384. The van der Waals surface area contributed by atoms with Gasteiger partial charge in [-0.15, -0.1) is 0 Å². The van der Waals surface area contributed by atoms with Crippen molar-refractivity contribution >= 4 is 5.91 Å². The van der Waals surface area contributed by atoms with Gasteiger partial charge in [0.1, 0.15) is 0 Å². The van der Waals surface area contributed by atoms with Crippen LogP contribution in [0.5, 0.6) is 0 Å². The maximum absolute atomic E-state index is 12.1. The first-order chi connectivity index (χ1) is 8.41. The van der Waals surface area contributed by atoms with E-state index in [1.165, 1.54) is 12.8 Å². The number of amides is 1. The van der Waals surface area contributed by atoms with E-state index in [0.717, 1.165) is 44.4 Å². The van der Waals surface area contributed by atoms with Crippen LogP contribution in [0, 0.1) is 5.92 Å². The molecule has 2 N–H and O–H groups in total. The molecule has 2 aliphatic rings. The van der Waals surface area contributed by atoms with Crippen LogP contribution in [0.15, 0.2) is 0 Å². The quantitative estimate of drug-likeness (QED) is 0.812. The van der Waals surface area contributed by atoms with E-state index < -0.39 is 5.60 Å². The molecule has 2 aliphatic carbocycles. The van der Waals surface area contributed by atoms with E-state index in [0.29, 0.717) is 0 Å². The summed E-state index contributed by atoms with van der Waals surface area (Å²) < 4.78 is 0. The zero-order valence-corrected chi connectivity index (χ0v) is 11.8. The summed E-state index contributed by atoms with van der Waals surface area (Å²) in [6.45, 7) is 4.43. The van der Waals surface area contributed by atoms with Gasteiger partial charge >= 0.3 is 0 Å². The van der Waals surface area contributed by atoms with Crippen LogP contribution in [-0.2, 0) is 4.79 Å². The molecular formula is C15H27NO2.